The predicted molar refractivity (Wildman–Crippen MR) is 126 cm³/mol. The van der Waals surface area contributed by atoms with Crippen molar-refractivity contribution in [2.75, 3.05) is 34.2 Å². The monoisotopic (exact) mass is 538 g/mol. The molecule has 9 heteroatoms. The standard InChI is InChI=1S/C21H32F2N4O2.HI/c1-5-24-20(25-15-21(12-6-7-13-21)18(28)26(2)3)27(4)14-16-8-10-17(11-9-16)29-19(22)23;/h8-11,19H,5-7,12-15H2,1-4H3,(H,24,25);1H. The van der Waals surface area contributed by atoms with Crippen molar-refractivity contribution in [1.29, 1.82) is 0 Å². The average Bonchev–Trinajstić information content (AvgIpc) is 3.15. The molecule has 0 unspecified atom stereocenters. The van der Waals surface area contributed by atoms with Crippen LogP contribution in [0.3, 0.4) is 0 Å². The van der Waals surface area contributed by atoms with Gasteiger partial charge in [-0.05, 0) is 37.5 Å². The van der Waals surface area contributed by atoms with Crippen molar-refractivity contribution in [3.8, 4) is 5.75 Å². The van der Waals surface area contributed by atoms with Crippen molar-refractivity contribution in [2.24, 2.45) is 10.4 Å². The molecule has 1 aliphatic carbocycles. The third-order valence-electron chi connectivity index (χ3n) is 5.22. The minimum absolute atomic E-state index is 0. The van der Waals surface area contributed by atoms with Crippen LogP contribution in [0.4, 0.5) is 8.78 Å². The largest absolute Gasteiger partial charge is 0.435 e. The maximum Gasteiger partial charge on any atom is 0.387 e. The van der Waals surface area contributed by atoms with E-state index in [0.717, 1.165) is 37.2 Å². The average molecular weight is 538 g/mol. The Hall–Kier alpha value is -1.65. The molecule has 0 spiro atoms. The van der Waals surface area contributed by atoms with Crippen LogP contribution in [0.1, 0.15) is 38.2 Å². The summed E-state index contributed by atoms with van der Waals surface area (Å²) < 4.78 is 29.0. The van der Waals surface area contributed by atoms with Crippen LogP contribution in [0.25, 0.3) is 0 Å². The topological polar surface area (TPSA) is 57.2 Å². The molecule has 0 heterocycles. The summed E-state index contributed by atoms with van der Waals surface area (Å²) in [7, 11) is 5.51. The number of halogens is 3. The molecule has 6 nitrogen and oxygen atoms in total. The SMILES string of the molecule is CCNC(=NCC1(C(=O)N(C)C)CCCC1)N(C)Cc1ccc(OC(F)F)cc1.I. The van der Waals surface area contributed by atoms with Crippen molar-refractivity contribution in [3.05, 3.63) is 29.8 Å². The van der Waals surface area contributed by atoms with Crippen LogP contribution >= 0.6 is 24.0 Å². The maximum atomic E-state index is 12.8. The van der Waals surface area contributed by atoms with Gasteiger partial charge in [-0.3, -0.25) is 9.79 Å². The van der Waals surface area contributed by atoms with Crippen LogP contribution in [0.15, 0.2) is 29.3 Å². The number of ether oxygens (including phenoxy) is 1. The van der Waals surface area contributed by atoms with E-state index in [0.29, 0.717) is 19.6 Å². The zero-order valence-corrected chi connectivity index (χ0v) is 20.5. The van der Waals surface area contributed by atoms with Crippen molar-refractivity contribution in [3.63, 3.8) is 0 Å². The Morgan fingerprint density at radius 1 is 1.20 bits per heavy atom. The van der Waals surface area contributed by atoms with Crippen LogP contribution in [-0.4, -0.2) is 62.5 Å². The summed E-state index contributed by atoms with van der Waals surface area (Å²) in [6, 6.07) is 6.57. The fraction of sp³-hybridized carbons (Fsp3) is 0.619. The van der Waals surface area contributed by atoms with E-state index in [1.165, 1.54) is 12.1 Å². The number of hydrogen-bond acceptors (Lipinski definition) is 3. The number of alkyl halides is 2. The van der Waals surface area contributed by atoms with Gasteiger partial charge < -0.3 is 19.9 Å². The molecular formula is C21H33F2IN4O2. The second-order valence-electron chi connectivity index (χ2n) is 7.74. The molecule has 0 atom stereocenters. The number of carbonyl (C=O) groups excluding carboxylic acids is 1. The molecule has 0 saturated heterocycles. The summed E-state index contributed by atoms with van der Waals surface area (Å²) in [5.74, 6) is 1.00. The molecule has 1 aliphatic rings. The smallest absolute Gasteiger partial charge is 0.387 e. The van der Waals surface area contributed by atoms with Crippen molar-refractivity contribution in [2.45, 2.75) is 45.8 Å². The lowest BCUT2D eigenvalue weighted by Crippen LogP contribution is -2.43. The van der Waals surface area contributed by atoms with Crippen LogP contribution in [-0.2, 0) is 11.3 Å². The number of rotatable bonds is 8. The Morgan fingerprint density at radius 3 is 2.30 bits per heavy atom. The second-order valence-corrected chi connectivity index (χ2v) is 7.74. The number of amides is 1. The number of nitrogens with one attached hydrogen (secondary N) is 1. The van der Waals surface area contributed by atoms with Crippen molar-refractivity contribution >= 4 is 35.8 Å². The highest BCUT2D eigenvalue weighted by atomic mass is 127. The van der Waals surface area contributed by atoms with Gasteiger partial charge in [-0.1, -0.05) is 25.0 Å². The first-order valence-electron chi connectivity index (χ1n) is 10.0. The first kappa shape index (κ1) is 26.4. The lowest BCUT2D eigenvalue weighted by Gasteiger charge is -2.30. The molecule has 2 rings (SSSR count). The molecule has 30 heavy (non-hydrogen) atoms. The fourth-order valence-corrected chi connectivity index (χ4v) is 3.79. The minimum atomic E-state index is -2.83. The molecule has 0 aliphatic heterocycles. The van der Waals surface area contributed by atoms with Gasteiger partial charge in [0.25, 0.3) is 0 Å². The number of benzene rings is 1. The first-order chi connectivity index (χ1) is 13.8. The zero-order valence-electron chi connectivity index (χ0n) is 18.2. The second kappa shape index (κ2) is 12.3. The van der Waals surface area contributed by atoms with E-state index >= 15 is 0 Å². The molecule has 1 N–H and O–H groups in total. The van der Waals surface area contributed by atoms with Gasteiger partial charge in [-0.15, -0.1) is 24.0 Å². The molecular weight excluding hydrogens is 505 g/mol. The van der Waals surface area contributed by atoms with Gasteiger partial charge in [0.15, 0.2) is 5.96 Å². The number of guanidine groups is 1. The summed E-state index contributed by atoms with van der Waals surface area (Å²) in [6.07, 6.45) is 3.83. The molecule has 0 aromatic heterocycles. The van der Waals surface area contributed by atoms with E-state index in [4.69, 9.17) is 4.99 Å². The molecule has 1 aromatic carbocycles. The highest BCUT2D eigenvalue weighted by Crippen LogP contribution is 2.39. The lowest BCUT2D eigenvalue weighted by atomic mass is 9.85. The van der Waals surface area contributed by atoms with Crippen LogP contribution in [0, 0.1) is 5.41 Å². The normalized spacial score (nSPS) is 15.5. The Labute approximate surface area is 195 Å². The van der Waals surface area contributed by atoms with Gasteiger partial charge in [0.1, 0.15) is 5.75 Å². The van der Waals surface area contributed by atoms with E-state index in [2.05, 4.69) is 10.1 Å². The maximum absolute atomic E-state index is 12.8. The molecule has 0 radical (unpaired) electrons. The van der Waals surface area contributed by atoms with E-state index in [-0.39, 0.29) is 35.6 Å². The Bertz CT molecular complexity index is 693. The molecule has 1 saturated carbocycles. The van der Waals surface area contributed by atoms with Crippen LogP contribution in [0.5, 0.6) is 5.75 Å². The predicted octanol–water partition coefficient (Wildman–Crippen LogP) is 3.95. The van der Waals surface area contributed by atoms with E-state index in [9.17, 15) is 13.6 Å². The van der Waals surface area contributed by atoms with Crippen LogP contribution < -0.4 is 10.1 Å². The number of hydrogen-bond donors (Lipinski definition) is 1. The van der Waals surface area contributed by atoms with Gasteiger partial charge in [0.2, 0.25) is 5.91 Å². The molecule has 1 amide bonds. The summed E-state index contributed by atoms with van der Waals surface area (Å²) in [5, 5.41) is 3.28. The van der Waals surface area contributed by atoms with Crippen molar-refractivity contribution < 1.29 is 18.3 Å². The van der Waals surface area contributed by atoms with Gasteiger partial charge in [0, 0.05) is 34.2 Å². The van der Waals surface area contributed by atoms with Gasteiger partial charge in [-0.2, -0.15) is 8.78 Å². The lowest BCUT2D eigenvalue weighted by molar-refractivity contribution is -0.138. The molecule has 170 valence electrons. The number of aliphatic imine (C=N–C) groups is 1. The summed E-state index contributed by atoms with van der Waals surface area (Å²) in [4.78, 5) is 21.2. The Balaban J connectivity index is 0.00000450. The number of nitrogens with zero attached hydrogens (tertiary/aromatic N) is 3. The van der Waals surface area contributed by atoms with E-state index in [1.807, 2.05) is 18.9 Å². The third kappa shape index (κ3) is 7.24. The van der Waals surface area contributed by atoms with Crippen LogP contribution in [0.2, 0.25) is 0 Å². The van der Waals surface area contributed by atoms with Gasteiger partial charge >= 0.3 is 6.61 Å². The number of carbonyl (C=O) groups is 1. The quantitative estimate of drug-likeness (QED) is 0.310. The van der Waals surface area contributed by atoms with E-state index < -0.39 is 12.0 Å². The van der Waals surface area contributed by atoms with Gasteiger partial charge in [0.05, 0.1) is 12.0 Å². The molecule has 1 fully saturated rings. The Kier molecular flexibility index (Phi) is 10.8. The van der Waals surface area contributed by atoms with Gasteiger partial charge in [-0.25, -0.2) is 0 Å². The zero-order chi connectivity index (χ0) is 21.4. The molecule has 0 bridgehead atoms. The highest BCUT2D eigenvalue weighted by Gasteiger charge is 2.42. The fourth-order valence-electron chi connectivity index (χ4n) is 3.79. The highest BCUT2D eigenvalue weighted by molar-refractivity contribution is 14.0. The summed E-state index contributed by atoms with van der Waals surface area (Å²) in [6.45, 7) is 0.881. The third-order valence-corrected chi connectivity index (χ3v) is 5.22. The summed E-state index contributed by atoms with van der Waals surface area (Å²) >= 11 is 0. The Morgan fingerprint density at radius 2 is 1.80 bits per heavy atom. The first-order valence-corrected chi connectivity index (χ1v) is 10.0. The minimum Gasteiger partial charge on any atom is -0.435 e. The van der Waals surface area contributed by atoms with E-state index in [1.54, 1.807) is 31.1 Å². The summed E-state index contributed by atoms with van der Waals surface area (Å²) in [5.41, 5.74) is 0.527. The molecule has 1 aromatic rings. The van der Waals surface area contributed by atoms with Crippen molar-refractivity contribution in [1.82, 2.24) is 15.1 Å².